The monoisotopic (exact) mass is 369 g/mol. The molecule has 0 spiro atoms. The molecule has 3 saturated heterocycles. The summed E-state index contributed by atoms with van der Waals surface area (Å²) in [4.78, 5) is 2.60. The average Bonchev–Trinajstić information content (AvgIpc) is 2.72. The lowest BCUT2D eigenvalue weighted by Gasteiger charge is -2.45. The van der Waals surface area contributed by atoms with E-state index in [1.54, 1.807) is 5.57 Å². The zero-order chi connectivity index (χ0) is 18.9. The molecule has 3 nitrogen and oxygen atoms in total. The number of nitrogens with zero attached hydrogens (tertiary/aromatic N) is 1. The third-order valence-corrected chi connectivity index (χ3v) is 7.14. The van der Waals surface area contributed by atoms with Gasteiger partial charge >= 0.3 is 0 Å². The molecule has 0 radical (unpaired) electrons. The summed E-state index contributed by atoms with van der Waals surface area (Å²) in [6.07, 6.45) is 12.7. The Morgan fingerprint density at radius 1 is 1.15 bits per heavy atom. The Bertz CT molecular complexity index is 401. The first-order valence-corrected chi connectivity index (χ1v) is 10.9. The minimum Gasteiger partial charge on any atom is -0.376 e. The molecule has 26 heavy (non-hydrogen) atoms. The van der Waals surface area contributed by atoms with E-state index in [-0.39, 0.29) is 0 Å². The molecular weight excluding hydrogens is 329 g/mol. The van der Waals surface area contributed by atoms with Gasteiger partial charge in [0.1, 0.15) is 0 Å². The van der Waals surface area contributed by atoms with E-state index in [4.69, 9.17) is 14.6 Å². The van der Waals surface area contributed by atoms with Crippen LogP contribution in [0.1, 0.15) is 71.6 Å². The molecule has 2 atom stereocenters. The van der Waals surface area contributed by atoms with Crippen molar-refractivity contribution in [2.75, 3.05) is 26.2 Å². The zero-order valence-electron chi connectivity index (χ0n) is 17.0. The summed E-state index contributed by atoms with van der Waals surface area (Å²) in [7, 11) is 0. The molecule has 4 rings (SSSR count). The van der Waals surface area contributed by atoms with Gasteiger partial charge in [-0.2, -0.15) is 0 Å². The number of hydrogen-bond acceptors (Lipinski definition) is 3. The van der Waals surface area contributed by atoms with E-state index in [9.17, 15) is 0 Å². The van der Waals surface area contributed by atoms with Crippen LogP contribution in [0.3, 0.4) is 0 Å². The lowest BCUT2D eigenvalue weighted by atomic mass is 9.75. The molecule has 1 saturated carbocycles. The van der Waals surface area contributed by atoms with Crippen LogP contribution in [-0.4, -0.2) is 42.6 Å². The fraction of sp³-hybridized carbons (Fsp3) is 0.909. The lowest BCUT2D eigenvalue weighted by molar-refractivity contribution is -0.0822. The SMILES string of the molecule is C=C(C(C)CCCC)C1CCC(COC2CN3CCC2CC3)CC1.OF. The van der Waals surface area contributed by atoms with Gasteiger partial charge in [0.05, 0.1) is 6.10 Å². The summed E-state index contributed by atoms with van der Waals surface area (Å²) in [5.41, 5.74) is 1.54. The predicted octanol–water partition coefficient (Wildman–Crippen LogP) is 5.15. The molecule has 0 aromatic rings. The van der Waals surface area contributed by atoms with Gasteiger partial charge in [-0.3, -0.25) is 0 Å². The molecule has 4 fully saturated rings. The number of piperidine rings is 3. The van der Waals surface area contributed by atoms with Crippen LogP contribution < -0.4 is 0 Å². The van der Waals surface area contributed by atoms with Crippen molar-refractivity contribution in [3.8, 4) is 0 Å². The maximum Gasteiger partial charge on any atom is 0.0731 e. The van der Waals surface area contributed by atoms with E-state index in [1.165, 1.54) is 77.4 Å². The molecule has 4 aliphatic rings. The Morgan fingerprint density at radius 2 is 1.81 bits per heavy atom. The Balaban J connectivity index is 0.00000117. The number of hydrogen-bond donors (Lipinski definition) is 1. The van der Waals surface area contributed by atoms with Crippen LogP contribution in [-0.2, 0) is 4.74 Å². The number of fused-ring (bicyclic) bond motifs is 3. The van der Waals surface area contributed by atoms with E-state index in [2.05, 4.69) is 25.3 Å². The van der Waals surface area contributed by atoms with Gasteiger partial charge in [-0.25, -0.2) is 5.31 Å². The lowest BCUT2D eigenvalue weighted by Crippen LogP contribution is -2.51. The largest absolute Gasteiger partial charge is 0.376 e. The summed E-state index contributed by atoms with van der Waals surface area (Å²) in [6.45, 7) is 14.0. The molecule has 2 unspecified atom stereocenters. The van der Waals surface area contributed by atoms with Gasteiger partial charge in [-0.05, 0) is 81.7 Å². The van der Waals surface area contributed by atoms with Crippen molar-refractivity contribution in [2.45, 2.75) is 77.7 Å². The maximum absolute atomic E-state index is 8.50. The van der Waals surface area contributed by atoms with Crippen LogP contribution in [0.2, 0.25) is 0 Å². The highest BCUT2D eigenvalue weighted by Crippen LogP contribution is 2.37. The van der Waals surface area contributed by atoms with Gasteiger partial charge < -0.3 is 9.64 Å². The molecule has 0 aromatic heterocycles. The molecule has 0 aromatic carbocycles. The van der Waals surface area contributed by atoms with Crippen LogP contribution in [0.15, 0.2) is 12.2 Å². The van der Waals surface area contributed by atoms with E-state index < -0.39 is 0 Å². The highest BCUT2D eigenvalue weighted by atomic mass is 19.3. The summed E-state index contributed by atoms with van der Waals surface area (Å²) in [5.74, 6) is 3.15. The van der Waals surface area contributed by atoms with Crippen LogP contribution in [0.5, 0.6) is 0 Å². The highest BCUT2D eigenvalue weighted by molar-refractivity contribution is 5.06. The topological polar surface area (TPSA) is 32.7 Å². The Hall–Kier alpha value is -0.450. The van der Waals surface area contributed by atoms with Crippen molar-refractivity contribution >= 4 is 0 Å². The normalized spacial score (nSPS) is 34.7. The minimum absolute atomic E-state index is 0.536. The third kappa shape index (κ3) is 6.03. The predicted molar refractivity (Wildman–Crippen MR) is 106 cm³/mol. The maximum atomic E-state index is 8.50. The van der Waals surface area contributed by atoms with Crippen molar-refractivity contribution in [3.05, 3.63) is 12.2 Å². The molecule has 0 amide bonds. The Morgan fingerprint density at radius 3 is 2.35 bits per heavy atom. The van der Waals surface area contributed by atoms with Gasteiger partial charge in [0.15, 0.2) is 0 Å². The van der Waals surface area contributed by atoms with Gasteiger partial charge in [0.25, 0.3) is 0 Å². The van der Waals surface area contributed by atoms with E-state index >= 15 is 0 Å². The Labute approximate surface area is 159 Å². The first kappa shape index (κ1) is 21.8. The van der Waals surface area contributed by atoms with Crippen molar-refractivity contribution in [1.29, 1.82) is 0 Å². The number of halogens is 1. The first-order valence-electron chi connectivity index (χ1n) is 10.9. The van der Waals surface area contributed by atoms with Crippen LogP contribution in [0.4, 0.5) is 4.53 Å². The second kappa shape index (κ2) is 11.4. The highest BCUT2D eigenvalue weighted by Gasteiger charge is 2.35. The molecule has 2 bridgehead atoms. The van der Waals surface area contributed by atoms with E-state index in [0.717, 1.165) is 30.3 Å². The molecular formula is C22H40FNO2. The fourth-order valence-electron chi connectivity index (χ4n) is 5.16. The van der Waals surface area contributed by atoms with Crippen LogP contribution in [0.25, 0.3) is 0 Å². The number of unbranched alkanes of at least 4 members (excludes halogenated alkanes) is 1. The minimum atomic E-state index is 0.536. The van der Waals surface area contributed by atoms with Gasteiger partial charge in [0.2, 0.25) is 0 Å². The van der Waals surface area contributed by atoms with Gasteiger partial charge in [-0.1, -0.05) is 43.4 Å². The molecule has 1 N–H and O–H groups in total. The number of ether oxygens (including phenoxy) is 1. The van der Waals surface area contributed by atoms with Gasteiger partial charge in [-0.15, -0.1) is 0 Å². The number of rotatable bonds is 8. The smallest absolute Gasteiger partial charge is 0.0731 e. The zero-order valence-corrected chi connectivity index (χ0v) is 17.0. The quantitative estimate of drug-likeness (QED) is 0.601. The number of allylic oxidation sites excluding steroid dienone is 1. The van der Waals surface area contributed by atoms with E-state index in [1.807, 2.05) is 0 Å². The standard InChI is InChI=1S/C22H39NO.FHO/c1-4-5-6-17(2)18(3)20-9-7-19(8-10-20)16-24-22-15-23-13-11-21(22)12-14-23;1-2/h17,19-22H,3-16H2,1-2H3;2H. The van der Waals surface area contributed by atoms with Crippen molar-refractivity contribution < 1.29 is 14.6 Å². The molecule has 3 aliphatic heterocycles. The summed E-state index contributed by atoms with van der Waals surface area (Å²) < 4.78 is 14.9. The van der Waals surface area contributed by atoms with Gasteiger partial charge in [0, 0.05) is 13.2 Å². The molecule has 1 aliphatic carbocycles. The molecule has 4 heteroatoms. The summed E-state index contributed by atoms with van der Waals surface area (Å²) in [5, 5.41) is 5.50. The van der Waals surface area contributed by atoms with Crippen molar-refractivity contribution in [1.82, 2.24) is 4.90 Å². The van der Waals surface area contributed by atoms with Crippen LogP contribution in [0, 0.1) is 23.7 Å². The first-order chi connectivity index (χ1) is 12.7. The fourth-order valence-corrected chi connectivity index (χ4v) is 5.16. The van der Waals surface area contributed by atoms with Crippen molar-refractivity contribution in [2.24, 2.45) is 23.7 Å². The van der Waals surface area contributed by atoms with Crippen molar-refractivity contribution in [3.63, 3.8) is 0 Å². The summed E-state index contributed by atoms with van der Waals surface area (Å²) >= 11 is 0. The molecule has 152 valence electrons. The third-order valence-electron chi connectivity index (χ3n) is 7.14. The van der Waals surface area contributed by atoms with E-state index in [0.29, 0.717) is 6.10 Å². The summed E-state index contributed by atoms with van der Waals surface area (Å²) in [6, 6.07) is 0. The average molecular weight is 370 g/mol. The second-order valence-corrected chi connectivity index (χ2v) is 8.85. The molecule has 3 heterocycles. The Kier molecular flexibility index (Phi) is 9.58. The van der Waals surface area contributed by atoms with Crippen LogP contribution >= 0.6 is 0 Å². The second-order valence-electron chi connectivity index (χ2n) is 8.85.